The summed E-state index contributed by atoms with van der Waals surface area (Å²) in [4.78, 5) is 0. The predicted octanol–water partition coefficient (Wildman–Crippen LogP) is 4.16. The highest BCUT2D eigenvalue weighted by atomic mass is 79.9. The van der Waals surface area contributed by atoms with E-state index in [0.717, 1.165) is 28.0 Å². The Balaban J connectivity index is 2.19. The van der Waals surface area contributed by atoms with Gasteiger partial charge in [0.2, 0.25) is 0 Å². The van der Waals surface area contributed by atoms with Crippen LogP contribution in [0.25, 0.3) is 0 Å². The molecule has 1 atom stereocenters. The molecule has 3 nitrogen and oxygen atoms in total. The highest BCUT2D eigenvalue weighted by molar-refractivity contribution is 9.10. The van der Waals surface area contributed by atoms with Gasteiger partial charge in [0.1, 0.15) is 0 Å². The molecule has 0 saturated heterocycles. The van der Waals surface area contributed by atoms with Gasteiger partial charge < -0.3 is 5.11 Å². The summed E-state index contributed by atoms with van der Waals surface area (Å²) in [5, 5.41) is 15.8. The summed E-state index contributed by atoms with van der Waals surface area (Å²) >= 11 is 9.74. The van der Waals surface area contributed by atoms with Crippen LogP contribution in [0.4, 0.5) is 0 Å². The van der Waals surface area contributed by atoms with Gasteiger partial charge in [0.25, 0.3) is 0 Å². The molecule has 2 aromatic rings. The van der Waals surface area contributed by atoms with Crippen molar-refractivity contribution in [1.82, 2.24) is 9.78 Å². The maximum atomic E-state index is 10.7. The molecular weight excluding hydrogens is 352 g/mol. The summed E-state index contributed by atoms with van der Waals surface area (Å²) in [6, 6.07) is 8.00. The lowest BCUT2D eigenvalue weighted by Gasteiger charge is -2.24. The second kappa shape index (κ2) is 6.51. The van der Waals surface area contributed by atoms with Gasteiger partial charge in [-0.15, -0.1) is 0 Å². The van der Waals surface area contributed by atoms with Gasteiger partial charge in [-0.25, -0.2) is 0 Å². The Morgan fingerprint density at radius 2 is 1.90 bits per heavy atom. The molecule has 0 radical (unpaired) electrons. The van der Waals surface area contributed by atoms with Crippen molar-refractivity contribution in [1.29, 1.82) is 0 Å². The lowest BCUT2D eigenvalue weighted by molar-refractivity contribution is 0.0587. The average Bonchev–Trinajstić information content (AvgIpc) is 2.68. The molecule has 0 saturated carbocycles. The topological polar surface area (TPSA) is 38.0 Å². The molecule has 0 spiro atoms. The van der Waals surface area contributed by atoms with Crippen LogP contribution in [0.2, 0.25) is 5.02 Å². The zero-order valence-electron chi connectivity index (χ0n) is 12.5. The number of rotatable bonds is 5. The molecule has 2 rings (SSSR count). The summed E-state index contributed by atoms with van der Waals surface area (Å²) in [6.45, 7) is 6.50. The summed E-state index contributed by atoms with van der Waals surface area (Å²) in [6.07, 6.45) is 1.06. The van der Waals surface area contributed by atoms with Crippen molar-refractivity contribution >= 4 is 27.5 Å². The van der Waals surface area contributed by atoms with E-state index in [1.165, 1.54) is 0 Å². The third-order valence-corrected chi connectivity index (χ3v) is 4.52. The van der Waals surface area contributed by atoms with Gasteiger partial charge in [-0.1, -0.05) is 39.7 Å². The maximum Gasteiger partial charge on any atom is 0.0848 e. The molecule has 1 aromatic carbocycles. The molecule has 1 unspecified atom stereocenters. The molecule has 0 aliphatic heterocycles. The van der Waals surface area contributed by atoms with Gasteiger partial charge >= 0.3 is 0 Å². The van der Waals surface area contributed by atoms with Crippen LogP contribution in [0.1, 0.15) is 30.8 Å². The Kier molecular flexibility index (Phi) is 5.12. The van der Waals surface area contributed by atoms with Crippen LogP contribution in [-0.2, 0) is 19.4 Å². The first kappa shape index (κ1) is 16.5. The van der Waals surface area contributed by atoms with Crippen LogP contribution >= 0.6 is 27.5 Å². The SMILES string of the molecule is CCn1nc(C)c(Cl)c1CC(C)(O)Cc1ccc(Br)cc1. The van der Waals surface area contributed by atoms with E-state index in [1.54, 1.807) is 0 Å². The lowest BCUT2D eigenvalue weighted by atomic mass is 9.91. The molecule has 0 amide bonds. The minimum Gasteiger partial charge on any atom is -0.389 e. The zero-order chi connectivity index (χ0) is 15.6. The van der Waals surface area contributed by atoms with Crippen molar-refractivity contribution in [3.63, 3.8) is 0 Å². The number of halogens is 2. The Labute approximate surface area is 139 Å². The Bertz CT molecular complexity index is 620. The number of aromatic nitrogens is 2. The van der Waals surface area contributed by atoms with Crippen molar-refractivity contribution in [3.05, 3.63) is 50.7 Å². The normalized spacial score (nSPS) is 14.2. The van der Waals surface area contributed by atoms with Crippen LogP contribution in [0.15, 0.2) is 28.7 Å². The third-order valence-electron chi connectivity index (χ3n) is 3.50. The van der Waals surface area contributed by atoms with E-state index in [4.69, 9.17) is 11.6 Å². The first-order chi connectivity index (χ1) is 9.82. The van der Waals surface area contributed by atoms with E-state index in [9.17, 15) is 5.11 Å². The van der Waals surface area contributed by atoms with E-state index in [0.29, 0.717) is 17.9 Å². The van der Waals surface area contributed by atoms with E-state index >= 15 is 0 Å². The van der Waals surface area contributed by atoms with E-state index < -0.39 is 5.60 Å². The van der Waals surface area contributed by atoms with Crippen molar-refractivity contribution in [2.45, 2.75) is 45.8 Å². The maximum absolute atomic E-state index is 10.7. The molecule has 0 fully saturated rings. The van der Waals surface area contributed by atoms with Crippen LogP contribution in [0, 0.1) is 6.92 Å². The van der Waals surface area contributed by atoms with Crippen molar-refractivity contribution in [2.24, 2.45) is 0 Å². The fourth-order valence-electron chi connectivity index (χ4n) is 2.50. The molecule has 1 aromatic heterocycles. The van der Waals surface area contributed by atoms with Crippen molar-refractivity contribution in [2.75, 3.05) is 0 Å². The molecule has 1 N–H and O–H groups in total. The van der Waals surface area contributed by atoms with Gasteiger partial charge in [0.05, 0.1) is 22.0 Å². The van der Waals surface area contributed by atoms with Crippen molar-refractivity contribution in [3.8, 4) is 0 Å². The first-order valence-corrected chi connectivity index (χ1v) is 8.18. The Morgan fingerprint density at radius 1 is 1.29 bits per heavy atom. The van der Waals surface area contributed by atoms with E-state index in [1.807, 2.05) is 49.7 Å². The largest absolute Gasteiger partial charge is 0.389 e. The molecule has 21 heavy (non-hydrogen) atoms. The zero-order valence-corrected chi connectivity index (χ0v) is 14.9. The molecule has 1 heterocycles. The summed E-state index contributed by atoms with van der Waals surface area (Å²) in [5.41, 5.74) is 1.95. The van der Waals surface area contributed by atoms with Crippen molar-refractivity contribution < 1.29 is 5.11 Å². The van der Waals surface area contributed by atoms with Gasteiger partial charge in [-0.2, -0.15) is 5.10 Å². The Hall–Kier alpha value is -0.840. The average molecular weight is 372 g/mol. The number of benzene rings is 1. The molecule has 0 aliphatic rings. The monoisotopic (exact) mass is 370 g/mol. The molecule has 114 valence electrons. The molecule has 5 heteroatoms. The number of aliphatic hydroxyl groups is 1. The second-order valence-corrected chi connectivity index (χ2v) is 6.93. The minimum absolute atomic E-state index is 0.483. The van der Waals surface area contributed by atoms with Crippen LogP contribution in [-0.4, -0.2) is 20.5 Å². The van der Waals surface area contributed by atoms with Crippen LogP contribution < -0.4 is 0 Å². The van der Waals surface area contributed by atoms with Gasteiger partial charge in [-0.3, -0.25) is 4.68 Å². The highest BCUT2D eigenvalue weighted by Crippen LogP contribution is 2.26. The fourth-order valence-corrected chi connectivity index (χ4v) is 2.97. The summed E-state index contributed by atoms with van der Waals surface area (Å²) in [7, 11) is 0. The minimum atomic E-state index is -0.864. The lowest BCUT2D eigenvalue weighted by Crippen LogP contribution is -2.31. The van der Waals surface area contributed by atoms with Gasteiger partial charge in [0.15, 0.2) is 0 Å². The number of hydrogen-bond donors (Lipinski definition) is 1. The quantitative estimate of drug-likeness (QED) is 0.857. The summed E-state index contributed by atoms with van der Waals surface area (Å²) < 4.78 is 2.90. The predicted molar refractivity (Wildman–Crippen MR) is 89.8 cm³/mol. The van der Waals surface area contributed by atoms with Crippen LogP contribution in [0.5, 0.6) is 0 Å². The molecular formula is C16H20BrClN2O. The van der Waals surface area contributed by atoms with E-state index in [2.05, 4.69) is 21.0 Å². The fraction of sp³-hybridized carbons (Fsp3) is 0.438. The van der Waals surface area contributed by atoms with E-state index in [-0.39, 0.29) is 0 Å². The smallest absolute Gasteiger partial charge is 0.0848 e. The number of hydrogen-bond acceptors (Lipinski definition) is 2. The second-order valence-electron chi connectivity index (χ2n) is 5.64. The summed E-state index contributed by atoms with van der Waals surface area (Å²) in [5.74, 6) is 0. The van der Waals surface area contributed by atoms with Gasteiger partial charge in [0, 0.05) is 23.9 Å². The number of nitrogens with zero attached hydrogens (tertiary/aromatic N) is 2. The molecule has 0 bridgehead atoms. The molecule has 0 aliphatic carbocycles. The Morgan fingerprint density at radius 3 is 2.48 bits per heavy atom. The highest BCUT2D eigenvalue weighted by Gasteiger charge is 2.26. The third kappa shape index (κ3) is 4.09. The van der Waals surface area contributed by atoms with Crippen LogP contribution in [0.3, 0.4) is 0 Å². The first-order valence-electron chi connectivity index (χ1n) is 7.01. The standard InChI is InChI=1S/C16H20BrClN2O/c1-4-20-14(15(18)11(2)19-20)10-16(3,21)9-12-5-7-13(17)8-6-12/h5-8,21H,4,9-10H2,1-3H3. The number of aryl methyl sites for hydroxylation is 2. The van der Waals surface area contributed by atoms with Gasteiger partial charge in [-0.05, 0) is 38.5 Å².